The number of hydrogen-bond donors (Lipinski definition) is 4. The Morgan fingerprint density at radius 2 is 1.50 bits per heavy atom. The maximum atomic E-state index is 11.9. The molecule has 0 saturated carbocycles. The molecule has 0 atom stereocenters. The Morgan fingerprint density at radius 1 is 0.906 bits per heavy atom. The number of nitrogens with two attached hydrogens (primary N) is 3. The molecule has 32 heavy (non-hydrogen) atoms. The second kappa shape index (κ2) is 9.04. The van der Waals surface area contributed by atoms with Crippen molar-refractivity contribution < 1.29 is 23.1 Å². The van der Waals surface area contributed by atoms with Crippen LogP contribution in [0.2, 0.25) is 0 Å². The lowest BCUT2D eigenvalue weighted by Crippen LogP contribution is -2.14. The number of primary amides is 1. The van der Waals surface area contributed by atoms with Gasteiger partial charge in [-0.05, 0) is 46.5 Å². The highest BCUT2D eigenvalue weighted by atomic mass is 32.2. The first-order valence-corrected chi connectivity index (χ1v) is 10.9. The Kier molecular flexibility index (Phi) is 6.42. The van der Waals surface area contributed by atoms with Crippen LogP contribution in [0.4, 0.5) is 5.69 Å². The maximum Gasteiger partial charge on any atom is 0.307 e. The van der Waals surface area contributed by atoms with E-state index in [0.717, 1.165) is 5.56 Å². The third kappa shape index (κ3) is 5.39. The van der Waals surface area contributed by atoms with Gasteiger partial charge in [0, 0.05) is 5.56 Å². The largest absolute Gasteiger partial charge is 0.481 e. The number of anilines is 1. The van der Waals surface area contributed by atoms with Crippen LogP contribution in [0.1, 0.15) is 27.0 Å². The van der Waals surface area contributed by atoms with E-state index in [9.17, 15) is 18.0 Å². The summed E-state index contributed by atoms with van der Waals surface area (Å²) in [6.07, 6.45) is 3.51. The van der Waals surface area contributed by atoms with Gasteiger partial charge < -0.3 is 16.6 Å². The molecule has 3 rings (SSSR count). The van der Waals surface area contributed by atoms with E-state index >= 15 is 0 Å². The van der Waals surface area contributed by atoms with Crippen LogP contribution >= 0.6 is 0 Å². The molecule has 7 N–H and O–H groups in total. The Bertz CT molecular complexity index is 1310. The third-order valence-electron chi connectivity index (χ3n) is 4.76. The van der Waals surface area contributed by atoms with Gasteiger partial charge in [0.05, 0.1) is 22.6 Å². The summed E-state index contributed by atoms with van der Waals surface area (Å²) in [5.74, 6) is -1.60. The Labute approximate surface area is 185 Å². The molecular formula is C23H21N3O5S. The molecule has 0 aliphatic heterocycles. The summed E-state index contributed by atoms with van der Waals surface area (Å²) in [5, 5.41) is 14.0. The molecule has 0 saturated heterocycles. The topological polar surface area (TPSA) is 167 Å². The summed E-state index contributed by atoms with van der Waals surface area (Å²) in [5.41, 5.74) is 15.2. The number of benzene rings is 3. The van der Waals surface area contributed by atoms with Crippen molar-refractivity contribution in [3.63, 3.8) is 0 Å². The number of amides is 1. The van der Waals surface area contributed by atoms with Crippen molar-refractivity contribution in [3.8, 4) is 11.1 Å². The summed E-state index contributed by atoms with van der Waals surface area (Å²) in [6.45, 7) is 0. The second-order valence-electron chi connectivity index (χ2n) is 7.11. The molecule has 0 aliphatic carbocycles. The minimum absolute atomic E-state index is 0.0441. The van der Waals surface area contributed by atoms with Crippen LogP contribution in [-0.2, 0) is 21.2 Å². The van der Waals surface area contributed by atoms with Crippen LogP contribution in [-0.4, -0.2) is 25.4 Å². The first kappa shape index (κ1) is 22.7. The van der Waals surface area contributed by atoms with Gasteiger partial charge in [0.2, 0.25) is 10.0 Å². The van der Waals surface area contributed by atoms with Crippen molar-refractivity contribution >= 4 is 39.7 Å². The molecular weight excluding hydrogens is 430 g/mol. The molecule has 9 heteroatoms. The summed E-state index contributed by atoms with van der Waals surface area (Å²) >= 11 is 0. The molecule has 0 aliphatic rings. The molecule has 0 aromatic heterocycles. The molecule has 0 spiro atoms. The van der Waals surface area contributed by atoms with Crippen molar-refractivity contribution in [1.29, 1.82) is 0 Å². The van der Waals surface area contributed by atoms with E-state index < -0.39 is 21.9 Å². The van der Waals surface area contributed by atoms with Gasteiger partial charge in [-0.1, -0.05) is 48.6 Å². The van der Waals surface area contributed by atoms with Crippen molar-refractivity contribution in [2.24, 2.45) is 10.9 Å². The summed E-state index contributed by atoms with van der Waals surface area (Å²) < 4.78 is 23.0. The van der Waals surface area contributed by atoms with Gasteiger partial charge in [0.1, 0.15) is 0 Å². The number of carbonyl (C=O) groups is 2. The molecule has 0 heterocycles. The molecule has 3 aromatic carbocycles. The number of primary sulfonamides is 1. The number of rotatable bonds is 7. The number of carbonyl (C=O) groups excluding carboxylic acids is 1. The zero-order valence-electron chi connectivity index (χ0n) is 16.9. The quantitative estimate of drug-likeness (QED) is 0.318. The first-order valence-electron chi connectivity index (χ1n) is 9.40. The summed E-state index contributed by atoms with van der Waals surface area (Å²) in [6, 6.07) is 16.1. The highest BCUT2D eigenvalue weighted by molar-refractivity contribution is 7.89. The average molecular weight is 452 g/mol. The minimum Gasteiger partial charge on any atom is -0.481 e. The first-order chi connectivity index (χ1) is 15.0. The molecule has 0 fully saturated rings. The minimum atomic E-state index is -3.84. The van der Waals surface area contributed by atoms with Crippen LogP contribution in [0, 0.1) is 0 Å². The number of carboxylic acids is 1. The predicted octanol–water partition coefficient (Wildman–Crippen LogP) is 2.48. The van der Waals surface area contributed by atoms with Crippen LogP contribution < -0.4 is 16.6 Å². The fraction of sp³-hybridized carbons (Fsp3) is 0.0435. The molecule has 164 valence electrons. The Balaban J connectivity index is 1.98. The van der Waals surface area contributed by atoms with E-state index in [-0.39, 0.29) is 22.6 Å². The van der Waals surface area contributed by atoms with Crippen LogP contribution in [0.5, 0.6) is 0 Å². The lowest BCUT2D eigenvalue weighted by Gasteiger charge is -2.12. The number of nitrogen functional groups attached to an aromatic ring is 1. The molecule has 3 aromatic rings. The monoisotopic (exact) mass is 451 g/mol. The van der Waals surface area contributed by atoms with Gasteiger partial charge in [0.15, 0.2) is 0 Å². The van der Waals surface area contributed by atoms with Crippen molar-refractivity contribution in [3.05, 3.63) is 82.9 Å². The summed E-state index contributed by atoms with van der Waals surface area (Å²) in [7, 11) is -3.84. The van der Waals surface area contributed by atoms with E-state index in [0.29, 0.717) is 22.3 Å². The number of sulfonamides is 1. The van der Waals surface area contributed by atoms with E-state index in [1.807, 2.05) is 0 Å². The fourth-order valence-corrected chi connectivity index (χ4v) is 3.67. The van der Waals surface area contributed by atoms with Gasteiger partial charge >= 0.3 is 5.97 Å². The van der Waals surface area contributed by atoms with Crippen molar-refractivity contribution in [1.82, 2.24) is 0 Å². The van der Waals surface area contributed by atoms with Crippen LogP contribution in [0.15, 0.2) is 65.6 Å². The highest BCUT2D eigenvalue weighted by Gasteiger charge is 2.14. The maximum absolute atomic E-state index is 11.9. The van der Waals surface area contributed by atoms with Gasteiger partial charge in [-0.25, -0.2) is 13.6 Å². The third-order valence-corrected chi connectivity index (χ3v) is 5.69. The average Bonchev–Trinajstić information content (AvgIpc) is 2.73. The summed E-state index contributed by atoms with van der Waals surface area (Å²) in [4.78, 5) is 22.7. The molecule has 0 radical (unpaired) electrons. The van der Waals surface area contributed by atoms with Crippen LogP contribution in [0.25, 0.3) is 23.3 Å². The van der Waals surface area contributed by atoms with Gasteiger partial charge in [-0.2, -0.15) is 0 Å². The Morgan fingerprint density at radius 3 is 2.03 bits per heavy atom. The number of aliphatic carboxylic acids is 1. The Hall–Kier alpha value is -3.95. The van der Waals surface area contributed by atoms with Crippen LogP contribution in [0.3, 0.4) is 0 Å². The van der Waals surface area contributed by atoms with Gasteiger partial charge in [-0.15, -0.1) is 0 Å². The number of hydrogen-bond acceptors (Lipinski definition) is 5. The van der Waals surface area contributed by atoms with Gasteiger partial charge in [0.25, 0.3) is 5.91 Å². The zero-order valence-corrected chi connectivity index (χ0v) is 17.7. The molecule has 1 amide bonds. The van der Waals surface area contributed by atoms with Crippen molar-refractivity contribution in [2.75, 3.05) is 5.73 Å². The van der Waals surface area contributed by atoms with E-state index in [1.165, 1.54) is 12.1 Å². The molecule has 8 nitrogen and oxygen atoms in total. The van der Waals surface area contributed by atoms with Gasteiger partial charge in [-0.3, -0.25) is 9.59 Å². The second-order valence-corrected chi connectivity index (χ2v) is 8.67. The number of carboxylic acid groups (broad SMARTS) is 1. The van der Waals surface area contributed by atoms with E-state index in [4.69, 9.17) is 21.7 Å². The SMILES string of the molecule is NC(=O)c1cc(/C=C/c2ccc(CC(=O)O)cc2)cc(-c2ccc(S(N)(=O)=O)cc2)c1N. The van der Waals surface area contributed by atoms with E-state index in [2.05, 4.69) is 0 Å². The lowest BCUT2D eigenvalue weighted by atomic mass is 9.96. The molecule has 0 unspecified atom stereocenters. The van der Waals surface area contributed by atoms with Crippen molar-refractivity contribution in [2.45, 2.75) is 11.3 Å². The standard InChI is InChI=1S/C23H21N3O5S/c24-22-19(17-7-9-18(10-8-17)32(26,30)31)11-16(12-20(22)23(25)29)6-3-14-1-4-15(5-2-14)13-21(27)28/h1-12H,13,24H2,(H2,25,29)(H,27,28)(H2,26,30,31)/b6-3+. The normalized spacial score (nSPS) is 11.5. The van der Waals surface area contributed by atoms with E-state index in [1.54, 1.807) is 60.7 Å². The fourth-order valence-electron chi connectivity index (χ4n) is 3.15. The zero-order chi connectivity index (χ0) is 23.5. The lowest BCUT2D eigenvalue weighted by molar-refractivity contribution is -0.136. The molecule has 0 bridgehead atoms. The smallest absolute Gasteiger partial charge is 0.307 e. The highest BCUT2D eigenvalue weighted by Crippen LogP contribution is 2.31. The predicted molar refractivity (Wildman–Crippen MR) is 123 cm³/mol.